The van der Waals surface area contributed by atoms with Crippen LogP contribution in [0, 0.1) is 5.92 Å². The standard InChI is InChI=1S/C18H25F3N2O/c1-14-6-4-5-10-22(14)12-15-9-11-23(13-15)16-7-2-3-8-17(16)24-18(19,20)21/h2-3,7-8,14-15H,4-6,9-13H2,1H3/t14?,15-/m1/s1. The van der Waals surface area contributed by atoms with Crippen LogP contribution in [-0.4, -0.2) is 43.5 Å². The van der Waals surface area contributed by atoms with E-state index in [9.17, 15) is 13.2 Å². The maximum absolute atomic E-state index is 12.6. The Morgan fingerprint density at radius 1 is 1.12 bits per heavy atom. The molecule has 134 valence electrons. The molecule has 0 aliphatic carbocycles. The SMILES string of the molecule is CC1CCCCN1C[C@H]1CCN(c2ccccc2OC(F)(F)F)C1. The minimum atomic E-state index is -4.65. The Labute approximate surface area is 141 Å². The molecule has 24 heavy (non-hydrogen) atoms. The monoisotopic (exact) mass is 342 g/mol. The molecule has 2 aliphatic heterocycles. The first kappa shape index (κ1) is 17.4. The lowest BCUT2D eigenvalue weighted by Gasteiger charge is -2.35. The van der Waals surface area contributed by atoms with E-state index in [2.05, 4.69) is 16.6 Å². The van der Waals surface area contributed by atoms with Crippen LogP contribution in [-0.2, 0) is 0 Å². The summed E-state index contributed by atoms with van der Waals surface area (Å²) in [5.41, 5.74) is 0.545. The molecule has 0 aromatic heterocycles. The van der Waals surface area contributed by atoms with Crippen molar-refractivity contribution >= 4 is 5.69 Å². The van der Waals surface area contributed by atoms with Crippen LogP contribution >= 0.6 is 0 Å². The summed E-state index contributed by atoms with van der Waals surface area (Å²) in [6, 6.07) is 7.07. The fourth-order valence-electron chi connectivity index (χ4n) is 3.89. The van der Waals surface area contributed by atoms with Crippen molar-refractivity contribution < 1.29 is 17.9 Å². The van der Waals surface area contributed by atoms with E-state index in [1.807, 2.05) is 4.90 Å². The van der Waals surface area contributed by atoms with Crippen molar-refractivity contribution in [1.82, 2.24) is 4.90 Å². The average Bonchev–Trinajstić information content (AvgIpc) is 2.97. The van der Waals surface area contributed by atoms with Gasteiger partial charge in [0.25, 0.3) is 0 Å². The fraction of sp³-hybridized carbons (Fsp3) is 0.667. The predicted octanol–water partition coefficient (Wildman–Crippen LogP) is 4.29. The molecule has 0 spiro atoms. The first-order valence-electron chi connectivity index (χ1n) is 8.76. The van der Waals surface area contributed by atoms with E-state index < -0.39 is 6.36 Å². The van der Waals surface area contributed by atoms with Crippen LogP contribution in [0.5, 0.6) is 5.75 Å². The molecule has 0 radical (unpaired) electrons. The highest BCUT2D eigenvalue weighted by Gasteiger charge is 2.34. The minimum Gasteiger partial charge on any atom is -0.404 e. The number of hydrogen-bond donors (Lipinski definition) is 0. The summed E-state index contributed by atoms with van der Waals surface area (Å²) in [6.07, 6.45) is 0.167. The smallest absolute Gasteiger partial charge is 0.404 e. The zero-order valence-electron chi connectivity index (χ0n) is 14.1. The van der Waals surface area contributed by atoms with Gasteiger partial charge in [-0.2, -0.15) is 0 Å². The van der Waals surface area contributed by atoms with Gasteiger partial charge in [0.2, 0.25) is 0 Å². The van der Waals surface area contributed by atoms with Gasteiger partial charge in [-0.15, -0.1) is 13.2 Å². The molecule has 0 bridgehead atoms. The van der Waals surface area contributed by atoms with Crippen LogP contribution in [0.4, 0.5) is 18.9 Å². The zero-order chi connectivity index (χ0) is 17.2. The molecule has 3 rings (SSSR count). The van der Waals surface area contributed by atoms with Gasteiger partial charge in [0.1, 0.15) is 0 Å². The molecule has 2 aliphatic rings. The third kappa shape index (κ3) is 4.35. The third-order valence-corrected chi connectivity index (χ3v) is 5.15. The summed E-state index contributed by atoms with van der Waals surface area (Å²) in [6.45, 7) is 6.04. The summed E-state index contributed by atoms with van der Waals surface area (Å²) in [5, 5.41) is 0. The number of halogens is 3. The van der Waals surface area contributed by atoms with Crippen molar-refractivity contribution in [2.24, 2.45) is 5.92 Å². The number of hydrogen-bond acceptors (Lipinski definition) is 3. The van der Waals surface area contributed by atoms with Gasteiger partial charge in [-0.3, -0.25) is 0 Å². The Morgan fingerprint density at radius 2 is 1.92 bits per heavy atom. The topological polar surface area (TPSA) is 15.7 Å². The highest BCUT2D eigenvalue weighted by molar-refractivity contribution is 5.59. The molecule has 2 atom stereocenters. The van der Waals surface area contributed by atoms with Gasteiger partial charge >= 0.3 is 6.36 Å². The summed E-state index contributed by atoms with van der Waals surface area (Å²) >= 11 is 0. The van der Waals surface area contributed by atoms with Crippen molar-refractivity contribution in [2.45, 2.75) is 45.0 Å². The fourth-order valence-corrected chi connectivity index (χ4v) is 3.89. The van der Waals surface area contributed by atoms with Crippen LogP contribution in [0.25, 0.3) is 0 Å². The summed E-state index contributed by atoms with van der Waals surface area (Å²) in [7, 11) is 0. The number of rotatable bonds is 4. The minimum absolute atomic E-state index is 0.100. The summed E-state index contributed by atoms with van der Waals surface area (Å²) < 4.78 is 42.0. The van der Waals surface area contributed by atoms with Crippen LogP contribution in [0.3, 0.4) is 0 Å². The van der Waals surface area contributed by atoms with E-state index in [0.717, 1.165) is 32.6 Å². The number of piperidine rings is 1. The van der Waals surface area contributed by atoms with E-state index >= 15 is 0 Å². The lowest BCUT2D eigenvalue weighted by atomic mass is 10.0. The van der Waals surface area contributed by atoms with Crippen LogP contribution in [0.2, 0.25) is 0 Å². The van der Waals surface area contributed by atoms with Gasteiger partial charge in [0.05, 0.1) is 5.69 Å². The number of anilines is 1. The first-order chi connectivity index (χ1) is 11.4. The predicted molar refractivity (Wildman–Crippen MR) is 88.3 cm³/mol. The average molecular weight is 342 g/mol. The third-order valence-electron chi connectivity index (χ3n) is 5.15. The Hall–Kier alpha value is -1.43. The van der Waals surface area contributed by atoms with Gasteiger partial charge in [0.15, 0.2) is 5.75 Å². The van der Waals surface area contributed by atoms with Crippen molar-refractivity contribution in [1.29, 1.82) is 0 Å². The van der Waals surface area contributed by atoms with E-state index in [1.165, 1.54) is 25.3 Å². The second-order valence-corrected chi connectivity index (χ2v) is 6.96. The normalized spacial score (nSPS) is 25.9. The number of ether oxygens (including phenoxy) is 1. The lowest BCUT2D eigenvalue weighted by molar-refractivity contribution is -0.274. The maximum Gasteiger partial charge on any atom is 0.573 e. The number of alkyl halides is 3. The molecule has 0 N–H and O–H groups in total. The molecule has 3 nitrogen and oxygen atoms in total. The van der Waals surface area contributed by atoms with E-state index in [0.29, 0.717) is 17.6 Å². The Morgan fingerprint density at radius 3 is 2.67 bits per heavy atom. The maximum atomic E-state index is 12.6. The Kier molecular flexibility index (Phi) is 5.23. The van der Waals surface area contributed by atoms with Gasteiger partial charge in [-0.1, -0.05) is 18.6 Å². The first-order valence-corrected chi connectivity index (χ1v) is 8.76. The van der Waals surface area contributed by atoms with E-state index in [1.54, 1.807) is 18.2 Å². The van der Waals surface area contributed by atoms with Crippen LogP contribution in [0.15, 0.2) is 24.3 Å². The summed E-state index contributed by atoms with van der Waals surface area (Å²) in [4.78, 5) is 4.57. The summed E-state index contributed by atoms with van der Waals surface area (Å²) in [5.74, 6) is 0.404. The van der Waals surface area contributed by atoms with Crippen molar-refractivity contribution in [3.05, 3.63) is 24.3 Å². The Bertz CT molecular complexity index is 549. The number of para-hydroxylation sites is 2. The Balaban J connectivity index is 1.63. The van der Waals surface area contributed by atoms with Crippen molar-refractivity contribution in [3.8, 4) is 5.75 Å². The molecule has 0 amide bonds. The highest BCUT2D eigenvalue weighted by atomic mass is 19.4. The second kappa shape index (κ2) is 7.21. The van der Waals surface area contributed by atoms with Gasteiger partial charge in [-0.25, -0.2) is 0 Å². The van der Waals surface area contributed by atoms with Crippen molar-refractivity contribution in [3.63, 3.8) is 0 Å². The lowest BCUT2D eigenvalue weighted by Crippen LogP contribution is -2.41. The largest absolute Gasteiger partial charge is 0.573 e. The molecule has 1 unspecified atom stereocenters. The highest BCUT2D eigenvalue weighted by Crippen LogP contribution is 2.35. The molecule has 2 fully saturated rings. The zero-order valence-corrected chi connectivity index (χ0v) is 14.1. The number of nitrogens with zero attached hydrogens (tertiary/aromatic N) is 2. The number of likely N-dealkylation sites (tertiary alicyclic amines) is 1. The molecule has 2 saturated heterocycles. The van der Waals surface area contributed by atoms with Crippen molar-refractivity contribution in [2.75, 3.05) is 31.1 Å². The van der Waals surface area contributed by atoms with Gasteiger partial charge in [0, 0.05) is 25.7 Å². The second-order valence-electron chi connectivity index (χ2n) is 6.96. The van der Waals surface area contributed by atoms with Gasteiger partial charge < -0.3 is 14.5 Å². The molecule has 1 aromatic rings. The molecule has 2 heterocycles. The quantitative estimate of drug-likeness (QED) is 0.812. The number of benzene rings is 1. The molecule has 0 saturated carbocycles. The van der Waals surface area contributed by atoms with Crippen LogP contribution < -0.4 is 9.64 Å². The van der Waals surface area contributed by atoms with Crippen LogP contribution in [0.1, 0.15) is 32.6 Å². The molecule has 6 heteroatoms. The van der Waals surface area contributed by atoms with Gasteiger partial charge in [-0.05, 0) is 50.8 Å². The molecular weight excluding hydrogens is 317 g/mol. The van der Waals surface area contributed by atoms with E-state index in [-0.39, 0.29) is 5.75 Å². The molecule has 1 aromatic carbocycles. The van der Waals surface area contributed by atoms with E-state index in [4.69, 9.17) is 0 Å². The molecular formula is C18H25F3N2O.